The van der Waals surface area contributed by atoms with Crippen molar-refractivity contribution in [1.82, 2.24) is 0 Å². The van der Waals surface area contributed by atoms with E-state index in [-0.39, 0.29) is 32.5 Å². The van der Waals surface area contributed by atoms with E-state index < -0.39 is 25.6 Å². The van der Waals surface area contributed by atoms with Crippen molar-refractivity contribution in [3.63, 3.8) is 0 Å². The summed E-state index contributed by atoms with van der Waals surface area (Å²) in [6.07, 6.45) is 59.7. The van der Waals surface area contributed by atoms with Gasteiger partial charge in [-0.3, -0.25) is 4.57 Å². The molecule has 0 aliphatic carbocycles. The molecule has 83 heavy (non-hydrogen) atoms. The summed E-state index contributed by atoms with van der Waals surface area (Å²) in [7, 11) is -4.86. The Bertz CT molecular complexity index is 1430. The molecule has 0 spiro atoms. The lowest BCUT2D eigenvalue weighted by molar-refractivity contribution is -0.127. The summed E-state index contributed by atoms with van der Waals surface area (Å²) in [6, 6.07) is 9.72. The average molecular weight is 1200 g/mol. The summed E-state index contributed by atoms with van der Waals surface area (Å²) in [5, 5.41) is 0. The number of ether oxygens (including phenoxy) is 7. The van der Waals surface area contributed by atoms with E-state index in [4.69, 9.17) is 33.2 Å². The molecule has 0 fully saturated rings. The maximum absolute atomic E-state index is 13.5. The molecule has 0 aliphatic rings. The highest BCUT2D eigenvalue weighted by Crippen LogP contribution is 2.45. The highest BCUT2D eigenvalue weighted by Gasteiger charge is 2.39. The van der Waals surface area contributed by atoms with Gasteiger partial charge in [-0.2, -0.15) is 0 Å². The van der Waals surface area contributed by atoms with Crippen LogP contribution in [0, 0.1) is 0 Å². The van der Waals surface area contributed by atoms with Gasteiger partial charge >= 0.3 is 7.60 Å². The molecule has 0 bridgehead atoms. The second-order valence-corrected chi connectivity index (χ2v) is 26.6. The van der Waals surface area contributed by atoms with Crippen LogP contribution in [-0.4, -0.2) is 93.4 Å². The first-order valence-corrected chi connectivity index (χ1v) is 37.8. The molecule has 492 valence electrons. The SMILES string of the molecule is CCCCCCCCCCCCCCOC[C@H](COCC(OCc1ccccc1)C(OC[C@@H](COCCCCCCCCCCCCCC)OCCCCCCCCCCCCCC)P(=O)(O)O)OCCCCCCCCCCCCCC. The van der Waals surface area contributed by atoms with Gasteiger partial charge in [-0.05, 0) is 31.2 Å². The highest BCUT2D eigenvalue weighted by atomic mass is 31.2. The minimum Gasteiger partial charge on any atom is -0.379 e. The quantitative estimate of drug-likeness (QED) is 0.0482. The molecule has 0 aliphatic heterocycles. The zero-order valence-electron chi connectivity index (χ0n) is 55.3. The fourth-order valence-electron chi connectivity index (χ4n) is 11.1. The topological polar surface area (TPSA) is 122 Å². The Morgan fingerprint density at radius 3 is 0.904 bits per heavy atom. The molecule has 2 unspecified atom stereocenters. The molecule has 0 heterocycles. The van der Waals surface area contributed by atoms with Crippen LogP contribution in [0.5, 0.6) is 0 Å². The van der Waals surface area contributed by atoms with Gasteiger partial charge in [-0.1, -0.05) is 341 Å². The summed E-state index contributed by atoms with van der Waals surface area (Å²) in [4.78, 5) is 22.0. The molecule has 1 aromatic carbocycles. The monoisotopic (exact) mass is 1200 g/mol. The molecular formula is C72H139O10P. The van der Waals surface area contributed by atoms with Crippen molar-refractivity contribution in [2.24, 2.45) is 0 Å². The van der Waals surface area contributed by atoms with E-state index in [1.54, 1.807) is 0 Å². The zero-order valence-corrected chi connectivity index (χ0v) is 56.2. The van der Waals surface area contributed by atoms with Crippen molar-refractivity contribution in [1.29, 1.82) is 0 Å². The van der Waals surface area contributed by atoms with Crippen LogP contribution in [0.4, 0.5) is 0 Å². The van der Waals surface area contributed by atoms with E-state index in [0.717, 1.165) is 50.5 Å². The van der Waals surface area contributed by atoms with Crippen LogP contribution in [0.3, 0.4) is 0 Å². The second-order valence-electron chi connectivity index (χ2n) is 24.9. The molecule has 1 aromatic rings. The number of benzene rings is 1. The molecule has 0 saturated heterocycles. The Labute approximate surface area is 514 Å². The molecule has 0 saturated carbocycles. The van der Waals surface area contributed by atoms with Gasteiger partial charge in [0.1, 0.15) is 18.3 Å². The number of rotatable bonds is 70. The van der Waals surface area contributed by atoms with Crippen molar-refractivity contribution >= 4 is 7.60 Å². The van der Waals surface area contributed by atoms with Crippen molar-refractivity contribution in [3.05, 3.63) is 35.9 Å². The van der Waals surface area contributed by atoms with E-state index in [1.807, 2.05) is 30.3 Å². The van der Waals surface area contributed by atoms with Gasteiger partial charge in [0.2, 0.25) is 0 Å². The van der Waals surface area contributed by atoms with Crippen LogP contribution >= 0.6 is 7.60 Å². The third-order valence-corrected chi connectivity index (χ3v) is 17.7. The van der Waals surface area contributed by atoms with Gasteiger partial charge in [0, 0.05) is 26.4 Å². The molecular weight excluding hydrogens is 1060 g/mol. The Balaban J connectivity index is 2.94. The summed E-state index contributed by atoms with van der Waals surface area (Å²) in [5.74, 6) is -1.57. The van der Waals surface area contributed by atoms with E-state index in [0.29, 0.717) is 39.6 Å². The molecule has 1 rings (SSSR count). The molecule has 0 amide bonds. The third-order valence-electron chi connectivity index (χ3n) is 16.6. The summed E-state index contributed by atoms with van der Waals surface area (Å²) >= 11 is 0. The number of hydrogen-bond acceptors (Lipinski definition) is 8. The predicted octanol–water partition coefficient (Wildman–Crippen LogP) is 21.7. The van der Waals surface area contributed by atoms with E-state index in [1.165, 1.54) is 263 Å². The fraction of sp³-hybridized carbons (Fsp3) is 0.917. The largest absolute Gasteiger partial charge is 0.379 e. The van der Waals surface area contributed by atoms with E-state index in [2.05, 4.69) is 27.7 Å². The van der Waals surface area contributed by atoms with Gasteiger partial charge in [0.25, 0.3) is 0 Å². The molecule has 0 radical (unpaired) electrons. The Morgan fingerprint density at radius 2 is 0.590 bits per heavy atom. The van der Waals surface area contributed by atoms with Gasteiger partial charge in [0.05, 0.1) is 39.6 Å². The first-order chi connectivity index (χ1) is 40.8. The van der Waals surface area contributed by atoms with Crippen molar-refractivity contribution in [3.8, 4) is 0 Å². The van der Waals surface area contributed by atoms with Gasteiger partial charge in [-0.25, -0.2) is 0 Å². The van der Waals surface area contributed by atoms with E-state index >= 15 is 0 Å². The van der Waals surface area contributed by atoms with Gasteiger partial charge < -0.3 is 42.9 Å². The van der Waals surface area contributed by atoms with Crippen LogP contribution in [0.15, 0.2) is 30.3 Å². The summed E-state index contributed by atoms with van der Waals surface area (Å²) < 4.78 is 57.9. The normalized spacial score (nSPS) is 13.5. The summed E-state index contributed by atoms with van der Waals surface area (Å²) in [6.45, 7) is 12.5. The van der Waals surface area contributed by atoms with Crippen LogP contribution in [0.1, 0.15) is 341 Å². The maximum Gasteiger partial charge on any atom is 0.356 e. The van der Waals surface area contributed by atoms with E-state index in [9.17, 15) is 14.4 Å². The molecule has 4 atom stereocenters. The Hall–Kier alpha value is -0.910. The lowest BCUT2D eigenvalue weighted by Crippen LogP contribution is -2.39. The van der Waals surface area contributed by atoms with Crippen molar-refractivity contribution in [2.45, 2.75) is 367 Å². The minimum atomic E-state index is -4.86. The standard InChI is InChI=1S/C72H139O10P/c1-5-9-13-17-21-25-29-33-37-41-45-52-58-76-63-69(79-60-54-47-43-39-35-31-27-23-19-15-11-7-3)65-78-67-71(81-62-68-56-50-49-51-57-68)72(83(73,74)75)82-66-70(80-61-55-48-44-40-36-32-28-24-20-16-12-8-4)64-77-59-53-46-42-38-34-30-26-22-18-14-10-6-2/h49-51,56-57,69-72H,5-48,52-55,58-67H2,1-4H3,(H2,73,74,75)/t69-,70-,71?,72?/m1/s1. The van der Waals surface area contributed by atoms with Crippen molar-refractivity contribution in [2.75, 3.05) is 59.5 Å². The first kappa shape index (κ1) is 80.1. The number of hydrogen-bond donors (Lipinski definition) is 2. The predicted molar refractivity (Wildman–Crippen MR) is 353 cm³/mol. The lowest BCUT2D eigenvalue weighted by Gasteiger charge is -2.30. The lowest BCUT2D eigenvalue weighted by atomic mass is 10.1. The second kappa shape index (κ2) is 64.1. The van der Waals surface area contributed by atoms with Crippen molar-refractivity contribution < 1.29 is 47.5 Å². The molecule has 10 nitrogen and oxygen atoms in total. The molecule has 0 aromatic heterocycles. The van der Waals surface area contributed by atoms with Crippen LogP contribution in [0.25, 0.3) is 0 Å². The van der Waals surface area contributed by atoms with Crippen LogP contribution < -0.4 is 0 Å². The molecule has 11 heteroatoms. The summed E-state index contributed by atoms with van der Waals surface area (Å²) in [5.41, 5.74) is 0.895. The van der Waals surface area contributed by atoms with Gasteiger partial charge in [-0.15, -0.1) is 0 Å². The average Bonchev–Trinajstić information content (AvgIpc) is 3.56. The van der Waals surface area contributed by atoms with Gasteiger partial charge in [0.15, 0.2) is 5.85 Å². The zero-order chi connectivity index (χ0) is 59.9. The van der Waals surface area contributed by atoms with Crippen LogP contribution in [-0.2, 0) is 44.3 Å². The smallest absolute Gasteiger partial charge is 0.356 e. The Morgan fingerprint density at radius 1 is 0.313 bits per heavy atom. The highest BCUT2D eigenvalue weighted by molar-refractivity contribution is 7.52. The minimum absolute atomic E-state index is 0.0323. The number of unbranched alkanes of at least 4 members (excludes halogenated alkanes) is 44. The van der Waals surface area contributed by atoms with Crippen LogP contribution in [0.2, 0.25) is 0 Å². The fourth-order valence-corrected chi connectivity index (χ4v) is 12.0. The maximum atomic E-state index is 13.5. The molecule has 2 N–H and O–H groups in total. The third kappa shape index (κ3) is 56.1. The first-order valence-electron chi connectivity index (χ1n) is 36.1. The Kier molecular flexibility index (Phi) is 61.8.